The Bertz CT molecular complexity index is 259. The highest BCUT2D eigenvalue weighted by molar-refractivity contribution is 7.81. The molecule has 82 valence electrons. The molecule has 0 aromatic carbocycles. The summed E-state index contributed by atoms with van der Waals surface area (Å²) >= 11 is 3.72. The van der Waals surface area contributed by atoms with Crippen molar-refractivity contribution in [3.8, 4) is 0 Å². The predicted molar refractivity (Wildman–Crippen MR) is 47.2 cm³/mol. The first-order valence-corrected chi connectivity index (χ1v) is 4.10. The second-order valence-corrected chi connectivity index (χ2v) is 3.33. The Morgan fingerprint density at radius 3 is 2.50 bits per heavy atom. The summed E-state index contributed by atoms with van der Waals surface area (Å²) in [5.41, 5.74) is 0. The van der Waals surface area contributed by atoms with Crippen molar-refractivity contribution in [3.63, 3.8) is 0 Å². The van der Waals surface area contributed by atoms with Crippen molar-refractivity contribution in [2.45, 2.75) is 17.3 Å². The van der Waals surface area contributed by atoms with Gasteiger partial charge in [0.05, 0.1) is 6.61 Å². The molecule has 0 unspecified atom stereocenters. The smallest absolute Gasteiger partial charge is 0.267 e. The average Bonchev–Trinajstić information content (AvgIpc) is 2.20. The van der Waals surface area contributed by atoms with Gasteiger partial charge < -0.3 is 25.2 Å². The van der Waals surface area contributed by atoms with E-state index in [1.807, 2.05) is 0 Å². The van der Waals surface area contributed by atoms with Gasteiger partial charge in [-0.2, -0.15) is 0 Å². The van der Waals surface area contributed by atoms with E-state index in [1.165, 1.54) is 0 Å². The van der Waals surface area contributed by atoms with Gasteiger partial charge in [-0.05, 0) is 0 Å². The van der Waals surface area contributed by atoms with Crippen molar-refractivity contribution in [2.75, 3.05) is 6.61 Å². The number of hydrogen-bond acceptors (Lipinski definition) is 8. The maximum Gasteiger partial charge on any atom is 0.267 e. The highest BCUT2D eigenvalue weighted by Gasteiger charge is 2.48. The van der Waals surface area contributed by atoms with Crippen LogP contribution in [0.5, 0.6) is 0 Å². The van der Waals surface area contributed by atoms with Crippen LogP contribution in [0.25, 0.3) is 0 Å². The van der Waals surface area contributed by atoms with E-state index in [1.54, 1.807) is 0 Å². The topological polar surface area (TPSA) is 125 Å². The Morgan fingerprint density at radius 2 is 2.07 bits per heavy atom. The fourth-order valence-electron chi connectivity index (χ4n) is 1.02. The third kappa shape index (κ3) is 1.67. The van der Waals surface area contributed by atoms with E-state index in [0.717, 1.165) is 0 Å². The zero-order valence-electron chi connectivity index (χ0n) is 6.99. The largest absolute Gasteiger partial charge is 0.506 e. The third-order valence-electron chi connectivity index (χ3n) is 1.82. The average molecular weight is 225 g/mol. The summed E-state index contributed by atoms with van der Waals surface area (Å²) in [6.07, 6.45) is -2.97. The second-order valence-electron chi connectivity index (χ2n) is 2.71. The van der Waals surface area contributed by atoms with E-state index in [2.05, 4.69) is 17.5 Å². The summed E-state index contributed by atoms with van der Waals surface area (Å²) in [4.78, 5) is 4.22. The monoisotopic (exact) mass is 225 g/mol. The third-order valence-corrected chi connectivity index (χ3v) is 2.27. The Kier molecular flexibility index (Phi) is 3.24. The molecule has 0 spiro atoms. The molecule has 0 bridgehead atoms. The van der Waals surface area contributed by atoms with Crippen molar-refractivity contribution < 1.29 is 30.0 Å². The van der Waals surface area contributed by atoms with E-state index in [0.29, 0.717) is 0 Å². The van der Waals surface area contributed by atoms with Gasteiger partial charge in [0.1, 0.15) is 6.10 Å². The van der Waals surface area contributed by atoms with Crippen LogP contribution in [-0.4, -0.2) is 44.4 Å². The molecule has 0 aliphatic carbocycles. The van der Waals surface area contributed by atoms with Crippen molar-refractivity contribution in [3.05, 3.63) is 11.5 Å². The van der Waals surface area contributed by atoms with Crippen molar-refractivity contribution in [1.82, 2.24) is 0 Å². The molecule has 0 saturated heterocycles. The molecule has 6 N–H and O–H groups in total. The van der Waals surface area contributed by atoms with Gasteiger partial charge in [0.2, 0.25) is 0 Å². The number of aliphatic hydroxyl groups excluding tert-OH is 4. The van der Waals surface area contributed by atoms with Crippen LogP contribution in [0, 0.1) is 0 Å². The minimum absolute atomic E-state index is 0.617. The fourth-order valence-corrected chi connectivity index (χ4v) is 1.27. The molecule has 1 aliphatic rings. The number of thiol groups is 1. The summed E-state index contributed by atoms with van der Waals surface area (Å²) in [7, 11) is 0. The van der Waals surface area contributed by atoms with Crippen molar-refractivity contribution >= 4 is 12.6 Å². The number of hydrogen-bond donors (Lipinski definition) is 6. The molecule has 7 nitrogen and oxygen atoms in total. The molecule has 14 heavy (non-hydrogen) atoms. The molecule has 1 rings (SSSR count). The Hall–Kier alpha value is -0.510. The lowest BCUT2D eigenvalue weighted by Gasteiger charge is -2.37. The second kappa shape index (κ2) is 3.93. The van der Waals surface area contributed by atoms with Crippen LogP contribution in [0.4, 0.5) is 0 Å². The van der Waals surface area contributed by atoms with Gasteiger partial charge >= 0.3 is 0 Å². The van der Waals surface area contributed by atoms with Crippen molar-refractivity contribution in [2.24, 2.45) is 5.90 Å². The number of nitrogens with two attached hydrogens (primary N) is 1. The molecule has 0 saturated carbocycles. The maximum atomic E-state index is 9.32. The lowest BCUT2D eigenvalue weighted by Crippen LogP contribution is -2.52. The Morgan fingerprint density at radius 1 is 1.50 bits per heavy atom. The maximum absolute atomic E-state index is 9.32. The highest BCUT2D eigenvalue weighted by Crippen LogP contribution is 2.34. The SMILES string of the molecule is NO[C@@]1(S)O[C@H](CO)C(O)=C(O)[C@H]1O. The molecule has 0 amide bonds. The summed E-state index contributed by atoms with van der Waals surface area (Å²) in [5, 5.41) is 34.5. The van der Waals surface area contributed by atoms with E-state index in [4.69, 9.17) is 15.7 Å². The molecule has 0 fully saturated rings. The molecular weight excluding hydrogens is 214 g/mol. The fraction of sp³-hybridized carbons (Fsp3) is 0.667. The van der Waals surface area contributed by atoms with Crippen LogP contribution in [0.15, 0.2) is 11.5 Å². The van der Waals surface area contributed by atoms with Gasteiger partial charge in [-0.1, -0.05) is 0 Å². The van der Waals surface area contributed by atoms with Crippen LogP contribution in [0.1, 0.15) is 0 Å². The molecule has 0 aromatic rings. The van der Waals surface area contributed by atoms with E-state index in [-0.39, 0.29) is 0 Å². The van der Waals surface area contributed by atoms with Gasteiger partial charge in [-0.3, -0.25) is 4.84 Å². The zero-order chi connectivity index (χ0) is 10.9. The van der Waals surface area contributed by atoms with Crippen LogP contribution < -0.4 is 5.90 Å². The summed E-state index contributed by atoms with van der Waals surface area (Å²) in [6, 6.07) is 0. The summed E-state index contributed by atoms with van der Waals surface area (Å²) < 4.78 is 4.82. The van der Waals surface area contributed by atoms with Crippen LogP contribution in [0.2, 0.25) is 0 Å². The van der Waals surface area contributed by atoms with Gasteiger partial charge in [0.25, 0.3) is 5.12 Å². The molecule has 1 aliphatic heterocycles. The van der Waals surface area contributed by atoms with Gasteiger partial charge in [-0.15, -0.1) is 12.6 Å². The predicted octanol–water partition coefficient (Wildman–Crippen LogP) is -1.46. The minimum atomic E-state index is -2.00. The first-order chi connectivity index (χ1) is 6.46. The van der Waals surface area contributed by atoms with Crippen molar-refractivity contribution in [1.29, 1.82) is 0 Å². The lowest BCUT2D eigenvalue weighted by molar-refractivity contribution is -0.256. The molecule has 0 aromatic heterocycles. The molecule has 8 heteroatoms. The summed E-state index contributed by atoms with van der Waals surface area (Å²) in [5.74, 6) is 3.32. The van der Waals surface area contributed by atoms with Gasteiger partial charge in [-0.25, -0.2) is 5.90 Å². The number of ether oxygens (including phenoxy) is 1. The standard InChI is InChI=1S/C6H11NO6S/c7-13-6(14)5(11)4(10)3(9)2(1-8)12-6/h2,5,8-11,14H,1,7H2/t2-,5-,6+/m1/s1. The first-order valence-electron chi connectivity index (χ1n) is 3.65. The molecule has 3 atom stereocenters. The molecular formula is C6H11NO6S. The normalized spacial score (nSPS) is 38.9. The first kappa shape index (κ1) is 11.6. The van der Waals surface area contributed by atoms with Gasteiger partial charge in [0.15, 0.2) is 17.6 Å². The van der Waals surface area contributed by atoms with E-state index in [9.17, 15) is 15.3 Å². The minimum Gasteiger partial charge on any atom is -0.506 e. The van der Waals surface area contributed by atoms with Crippen LogP contribution in [0.3, 0.4) is 0 Å². The van der Waals surface area contributed by atoms with Crippen LogP contribution in [-0.2, 0) is 9.57 Å². The quantitative estimate of drug-likeness (QED) is 0.193. The highest BCUT2D eigenvalue weighted by atomic mass is 32.1. The zero-order valence-corrected chi connectivity index (χ0v) is 7.89. The van der Waals surface area contributed by atoms with Crippen LogP contribution >= 0.6 is 12.6 Å². The Labute approximate surface area is 84.7 Å². The summed E-state index contributed by atoms with van der Waals surface area (Å²) in [6.45, 7) is -0.617. The lowest BCUT2D eigenvalue weighted by atomic mass is 10.1. The number of aliphatic hydroxyl groups is 4. The number of rotatable bonds is 2. The van der Waals surface area contributed by atoms with E-state index < -0.39 is 35.5 Å². The Balaban J connectivity index is 3.03. The van der Waals surface area contributed by atoms with Gasteiger partial charge in [0, 0.05) is 0 Å². The molecule has 0 radical (unpaired) electrons. The van der Waals surface area contributed by atoms with E-state index >= 15 is 0 Å². The molecule has 1 heterocycles.